The second-order valence-corrected chi connectivity index (χ2v) is 2.89. The smallest absolute Gasteiger partial charge is 0.0447 e. The first-order valence-corrected chi connectivity index (χ1v) is 4.70. The van der Waals surface area contributed by atoms with Crippen molar-refractivity contribution in [2.24, 2.45) is 10.2 Å². The summed E-state index contributed by atoms with van der Waals surface area (Å²) in [5.41, 5.74) is 17.9. The van der Waals surface area contributed by atoms with Gasteiger partial charge in [-0.15, -0.1) is 0 Å². The van der Waals surface area contributed by atoms with Gasteiger partial charge >= 0.3 is 0 Å². The number of nitrogens with zero attached hydrogens (tertiary/aromatic N) is 6. The van der Waals surface area contributed by atoms with Crippen LogP contribution in [0.3, 0.4) is 0 Å². The fourth-order valence-corrected chi connectivity index (χ4v) is 1.16. The summed E-state index contributed by atoms with van der Waals surface area (Å²) in [6, 6.07) is 7.27. The topological polar surface area (TPSA) is 97.5 Å². The van der Waals surface area contributed by atoms with Gasteiger partial charge in [0.2, 0.25) is 0 Å². The summed E-state index contributed by atoms with van der Waals surface area (Å²) in [7, 11) is 0. The van der Waals surface area contributed by atoms with Crippen molar-refractivity contribution < 1.29 is 0 Å². The van der Waals surface area contributed by atoms with E-state index in [-0.39, 0.29) is 0 Å². The van der Waals surface area contributed by atoms with E-state index >= 15 is 0 Å². The van der Waals surface area contributed by atoms with E-state index in [2.05, 4.69) is 20.1 Å². The Bertz CT molecular complexity index is 466. The SMILES string of the molecule is [N-]=[N+]=NCC/C=C\c1ccccc1N=[N+]=[N-]. The lowest BCUT2D eigenvalue weighted by Crippen LogP contribution is -1.75. The van der Waals surface area contributed by atoms with E-state index in [1.807, 2.05) is 24.3 Å². The highest BCUT2D eigenvalue weighted by Crippen LogP contribution is 2.20. The Hall–Kier alpha value is -2.42. The van der Waals surface area contributed by atoms with Crippen LogP contribution in [0.1, 0.15) is 12.0 Å². The van der Waals surface area contributed by atoms with E-state index in [9.17, 15) is 0 Å². The zero-order chi connectivity index (χ0) is 11.6. The van der Waals surface area contributed by atoms with E-state index in [4.69, 9.17) is 11.1 Å². The standard InChI is InChI=1S/C10H10N6/c11-15-13-8-4-3-6-9-5-1-2-7-10(9)14-16-12/h1-3,5-7H,4,8H2/b6-3-. The summed E-state index contributed by atoms with van der Waals surface area (Å²) >= 11 is 0. The van der Waals surface area contributed by atoms with E-state index in [1.165, 1.54) is 0 Å². The molecule has 0 atom stereocenters. The first kappa shape index (κ1) is 11.7. The molecule has 0 radical (unpaired) electrons. The van der Waals surface area contributed by atoms with Crippen LogP contribution in [0.25, 0.3) is 27.0 Å². The number of hydrogen-bond acceptors (Lipinski definition) is 2. The van der Waals surface area contributed by atoms with Crippen molar-refractivity contribution in [1.29, 1.82) is 0 Å². The summed E-state index contributed by atoms with van der Waals surface area (Å²) in [6.45, 7) is 0.427. The van der Waals surface area contributed by atoms with Crippen molar-refractivity contribution in [3.8, 4) is 0 Å². The fraction of sp³-hybridized carbons (Fsp3) is 0.200. The van der Waals surface area contributed by atoms with Gasteiger partial charge < -0.3 is 0 Å². The van der Waals surface area contributed by atoms with Gasteiger partial charge in [0.15, 0.2) is 0 Å². The normalized spacial score (nSPS) is 9.50. The van der Waals surface area contributed by atoms with Crippen molar-refractivity contribution in [1.82, 2.24) is 0 Å². The summed E-state index contributed by atoms with van der Waals surface area (Å²) in [5.74, 6) is 0. The Balaban J connectivity index is 2.72. The first-order chi connectivity index (χ1) is 7.88. The van der Waals surface area contributed by atoms with Crippen LogP contribution in [-0.2, 0) is 0 Å². The quantitative estimate of drug-likeness (QED) is 0.301. The van der Waals surface area contributed by atoms with Gasteiger partial charge in [0.25, 0.3) is 0 Å². The fourth-order valence-electron chi connectivity index (χ4n) is 1.16. The van der Waals surface area contributed by atoms with Gasteiger partial charge in [-0.25, -0.2) is 0 Å². The molecule has 0 aromatic heterocycles. The number of hydrogen-bond donors (Lipinski definition) is 0. The molecule has 0 N–H and O–H groups in total. The van der Waals surface area contributed by atoms with Crippen LogP contribution in [0.5, 0.6) is 0 Å². The Morgan fingerprint density at radius 2 is 2.00 bits per heavy atom. The minimum absolute atomic E-state index is 0.427. The van der Waals surface area contributed by atoms with Crippen LogP contribution < -0.4 is 0 Å². The number of benzene rings is 1. The third kappa shape index (κ3) is 3.75. The van der Waals surface area contributed by atoms with Gasteiger partial charge in [-0.05, 0) is 23.0 Å². The predicted molar refractivity (Wildman–Crippen MR) is 62.9 cm³/mol. The molecule has 0 saturated heterocycles. The van der Waals surface area contributed by atoms with Crippen LogP contribution in [0.15, 0.2) is 40.6 Å². The van der Waals surface area contributed by atoms with E-state index < -0.39 is 0 Å². The summed E-state index contributed by atoms with van der Waals surface area (Å²) in [6.07, 6.45) is 4.38. The van der Waals surface area contributed by atoms with Crippen LogP contribution in [0.2, 0.25) is 0 Å². The predicted octanol–water partition coefficient (Wildman–Crippen LogP) is 4.34. The highest BCUT2D eigenvalue weighted by molar-refractivity contribution is 5.63. The van der Waals surface area contributed by atoms with Gasteiger partial charge in [-0.3, -0.25) is 0 Å². The monoisotopic (exact) mass is 214 g/mol. The molecule has 0 heterocycles. The Kier molecular flexibility index (Phi) is 5.06. The lowest BCUT2D eigenvalue weighted by molar-refractivity contribution is 0.996. The van der Waals surface area contributed by atoms with Gasteiger partial charge in [-0.2, -0.15) is 0 Å². The van der Waals surface area contributed by atoms with Gasteiger partial charge in [0, 0.05) is 22.1 Å². The van der Waals surface area contributed by atoms with E-state index in [0.717, 1.165) is 5.56 Å². The molecule has 0 bridgehead atoms. The lowest BCUT2D eigenvalue weighted by atomic mass is 10.1. The molecule has 0 unspecified atom stereocenters. The van der Waals surface area contributed by atoms with Crippen molar-refractivity contribution in [2.75, 3.05) is 6.54 Å². The van der Waals surface area contributed by atoms with Crippen LogP contribution in [0.4, 0.5) is 5.69 Å². The van der Waals surface area contributed by atoms with Crippen LogP contribution in [0, 0.1) is 0 Å². The largest absolute Gasteiger partial charge is 0.0937 e. The lowest BCUT2D eigenvalue weighted by Gasteiger charge is -1.97. The zero-order valence-electron chi connectivity index (χ0n) is 8.56. The van der Waals surface area contributed by atoms with Crippen LogP contribution in [-0.4, -0.2) is 6.54 Å². The molecule has 6 heteroatoms. The molecule has 1 rings (SSSR count). The molecule has 6 nitrogen and oxygen atoms in total. The number of azide groups is 2. The molecule has 0 aliphatic rings. The second kappa shape index (κ2) is 6.95. The van der Waals surface area contributed by atoms with E-state index in [0.29, 0.717) is 18.7 Å². The summed E-state index contributed by atoms with van der Waals surface area (Å²) < 4.78 is 0. The highest BCUT2D eigenvalue weighted by Gasteiger charge is 1.93. The first-order valence-electron chi connectivity index (χ1n) is 4.70. The van der Waals surface area contributed by atoms with E-state index in [1.54, 1.807) is 12.1 Å². The van der Waals surface area contributed by atoms with Gasteiger partial charge in [0.05, 0.1) is 0 Å². The maximum Gasteiger partial charge on any atom is 0.0447 e. The molecule has 1 aromatic carbocycles. The molecule has 0 aliphatic carbocycles. The molecule has 0 amide bonds. The van der Waals surface area contributed by atoms with Gasteiger partial charge in [-0.1, -0.05) is 46.6 Å². The average molecular weight is 214 g/mol. The van der Waals surface area contributed by atoms with Gasteiger partial charge in [0.1, 0.15) is 0 Å². The third-order valence-electron chi connectivity index (χ3n) is 1.85. The van der Waals surface area contributed by atoms with Crippen LogP contribution >= 0.6 is 0 Å². The summed E-state index contributed by atoms with van der Waals surface area (Å²) in [4.78, 5) is 5.40. The maximum atomic E-state index is 8.36. The third-order valence-corrected chi connectivity index (χ3v) is 1.85. The highest BCUT2D eigenvalue weighted by atomic mass is 15.1. The number of rotatable bonds is 5. The summed E-state index contributed by atoms with van der Waals surface area (Å²) in [5, 5.41) is 6.98. The molecule has 0 spiro atoms. The molecule has 80 valence electrons. The zero-order valence-corrected chi connectivity index (χ0v) is 8.56. The van der Waals surface area contributed by atoms with Crippen molar-refractivity contribution >= 4 is 11.8 Å². The van der Waals surface area contributed by atoms with Crippen molar-refractivity contribution in [3.05, 3.63) is 56.8 Å². The Labute approximate surface area is 92.5 Å². The molecular weight excluding hydrogens is 204 g/mol. The molecule has 0 saturated carbocycles. The minimum Gasteiger partial charge on any atom is -0.0937 e. The maximum absolute atomic E-state index is 8.36. The van der Waals surface area contributed by atoms with Crippen molar-refractivity contribution in [3.63, 3.8) is 0 Å². The Morgan fingerprint density at radius 3 is 2.75 bits per heavy atom. The molecule has 0 fully saturated rings. The molecule has 1 aromatic rings. The molecule has 16 heavy (non-hydrogen) atoms. The van der Waals surface area contributed by atoms with Crippen molar-refractivity contribution in [2.45, 2.75) is 6.42 Å². The molecule has 0 aliphatic heterocycles. The average Bonchev–Trinajstić information content (AvgIpc) is 2.31. The molecular formula is C10H10N6. The minimum atomic E-state index is 0.427. The Morgan fingerprint density at radius 1 is 1.19 bits per heavy atom. The second-order valence-electron chi connectivity index (χ2n) is 2.89.